The van der Waals surface area contributed by atoms with Crippen LogP contribution < -0.4 is 4.90 Å². The molecule has 0 aliphatic heterocycles. The summed E-state index contributed by atoms with van der Waals surface area (Å²) in [5.74, 6) is 0.941. The van der Waals surface area contributed by atoms with Gasteiger partial charge in [-0.05, 0) is 25.0 Å². The third-order valence-electron chi connectivity index (χ3n) is 2.48. The number of hydrogen-bond donors (Lipinski definition) is 0. The molecule has 1 aliphatic rings. The third-order valence-corrected chi connectivity index (χ3v) is 2.48. The first kappa shape index (κ1) is 9.72. The van der Waals surface area contributed by atoms with Gasteiger partial charge in [-0.25, -0.2) is 4.98 Å². The molecule has 2 rings (SSSR count). The molecule has 0 amide bonds. The van der Waals surface area contributed by atoms with Gasteiger partial charge in [0.05, 0.1) is 5.56 Å². The smallest absolute Gasteiger partial charge is 0.129 e. The molecule has 76 valence electrons. The molecular weight excluding hydrogens is 186 g/mol. The van der Waals surface area contributed by atoms with Crippen molar-refractivity contribution in [3.8, 4) is 6.07 Å². The molecule has 3 heteroatoms. The average Bonchev–Trinajstić information content (AvgIpc) is 3.10. The van der Waals surface area contributed by atoms with Crippen LogP contribution in [0.5, 0.6) is 0 Å². The van der Waals surface area contributed by atoms with Gasteiger partial charge >= 0.3 is 0 Å². The molecule has 0 spiro atoms. The molecule has 1 saturated carbocycles. The molecule has 3 nitrogen and oxygen atoms in total. The lowest BCUT2D eigenvalue weighted by molar-refractivity contribution is 0.841. The maximum absolute atomic E-state index is 8.67. The van der Waals surface area contributed by atoms with E-state index in [1.165, 1.54) is 12.8 Å². The molecule has 1 heterocycles. The molecule has 1 aromatic heterocycles. The van der Waals surface area contributed by atoms with Crippen molar-refractivity contribution in [2.45, 2.75) is 18.9 Å². The lowest BCUT2D eigenvalue weighted by Gasteiger charge is -2.21. The Labute approximate surface area is 89.7 Å². The zero-order valence-electron chi connectivity index (χ0n) is 8.56. The number of nitrogens with zero attached hydrogens (tertiary/aromatic N) is 3. The van der Waals surface area contributed by atoms with Crippen LogP contribution in [0.2, 0.25) is 0 Å². The van der Waals surface area contributed by atoms with Crippen molar-refractivity contribution in [3.05, 3.63) is 36.5 Å². The summed E-state index contributed by atoms with van der Waals surface area (Å²) in [6.45, 7) is 4.57. The number of rotatable bonds is 4. The van der Waals surface area contributed by atoms with Crippen LogP contribution in [-0.4, -0.2) is 17.6 Å². The molecule has 0 saturated heterocycles. The fourth-order valence-corrected chi connectivity index (χ4v) is 1.58. The number of hydrogen-bond acceptors (Lipinski definition) is 3. The van der Waals surface area contributed by atoms with Crippen molar-refractivity contribution >= 4 is 5.82 Å². The maximum Gasteiger partial charge on any atom is 0.129 e. The Morgan fingerprint density at radius 2 is 2.40 bits per heavy atom. The van der Waals surface area contributed by atoms with E-state index in [0.717, 1.165) is 12.4 Å². The molecule has 0 N–H and O–H groups in total. The van der Waals surface area contributed by atoms with Crippen LogP contribution in [0.3, 0.4) is 0 Å². The van der Waals surface area contributed by atoms with Crippen molar-refractivity contribution < 1.29 is 0 Å². The largest absolute Gasteiger partial charge is 0.350 e. The molecule has 0 aromatic carbocycles. The normalized spacial score (nSPS) is 14.3. The van der Waals surface area contributed by atoms with Gasteiger partial charge in [-0.15, -0.1) is 6.58 Å². The van der Waals surface area contributed by atoms with Gasteiger partial charge in [0, 0.05) is 18.8 Å². The van der Waals surface area contributed by atoms with Crippen LogP contribution in [0, 0.1) is 11.3 Å². The monoisotopic (exact) mass is 199 g/mol. The van der Waals surface area contributed by atoms with Gasteiger partial charge in [0.1, 0.15) is 11.9 Å². The van der Waals surface area contributed by atoms with E-state index < -0.39 is 0 Å². The summed E-state index contributed by atoms with van der Waals surface area (Å²) in [6.07, 6.45) is 5.97. The maximum atomic E-state index is 8.67. The summed E-state index contributed by atoms with van der Waals surface area (Å²) < 4.78 is 0. The molecule has 0 radical (unpaired) electrons. The Balaban J connectivity index is 2.18. The highest BCUT2D eigenvalue weighted by Crippen LogP contribution is 2.30. The van der Waals surface area contributed by atoms with Crippen LogP contribution in [0.15, 0.2) is 31.0 Å². The summed E-state index contributed by atoms with van der Waals surface area (Å²) in [5, 5.41) is 8.67. The van der Waals surface area contributed by atoms with Crippen molar-refractivity contribution in [1.82, 2.24) is 4.98 Å². The predicted octanol–water partition coefficient (Wildman–Crippen LogP) is 2.11. The Kier molecular flexibility index (Phi) is 2.68. The van der Waals surface area contributed by atoms with Crippen molar-refractivity contribution in [2.24, 2.45) is 0 Å². The zero-order chi connectivity index (χ0) is 10.7. The van der Waals surface area contributed by atoms with Gasteiger partial charge in [-0.1, -0.05) is 6.08 Å². The number of anilines is 1. The van der Waals surface area contributed by atoms with E-state index in [9.17, 15) is 0 Å². The molecule has 0 unspecified atom stereocenters. The zero-order valence-corrected chi connectivity index (χ0v) is 8.56. The second-order valence-electron chi connectivity index (χ2n) is 3.69. The molecule has 1 fully saturated rings. The van der Waals surface area contributed by atoms with E-state index in [1.807, 2.05) is 12.1 Å². The first-order chi connectivity index (χ1) is 7.35. The van der Waals surface area contributed by atoms with Gasteiger partial charge in [0.25, 0.3) is 0 Å². The number of aromatic nitrogens is 1. The fraction of sp³-hybridized carbons (Fsp3) is 0.333. The van der Waals surface area contributed by atoms with Crippen LogP contribution in [0.4, 0.5) is 5.82 Å². The minimum atomic E-state index is 0.605. The Bertz CT molecular complexity index is 384. The lowest BCUT2D eigenvalue weighted by atomic mass is 10.3. The first-order valence-corrected chi connectivity index (χ1v) is 5.09. The quantitative estimate of drug-likeness (QED) is 0.697. The summed E-state index contributed by atoms with van der Waals surface area (Å²) in [6, 6.07) is 6.39. The van der Waals surface area contributed by atoms with E-state index in [-0.39, 0.29) is 0 Å². The van der Waals surface area contributed by atoms with Crippen LogP contribution in [0.1, 0.15) is 18.4 Å². The van der Waals surface area contributed by atoms with Crippen LogP contribution in [-0.2, 0) is 0 Å². The minimum Gasteiger partial charge on any atom is -0.350 e. The van der Waals surface area contributed by atoms with Gasteiger partial charge in [0.15, 0.2) is 0 Å². The van der Waals surface area contributed by atoms with Crippen molar-refractivity contribution in [1.29, 1.82) is 5.26 Å². The standard InChI is InChI=1S/C12H13N3/c1-2-7-15(11-4-5-11)12-6-3-10(8-13)9-14-12/h2-3,6,9,11H,1,4-5,7H2. The highest BCUT2D eigenvalue weighted by atomic mass is 15.2. The SMILES string of the molecule is C=CCN(c1ccc(C#N)cn1)C1CC1. The highest BCUT2D eigenvalue weighted by Gasteiger charge is 2.28. The van der Waals surface area contributed by atoms with Gasteiger partial charge in [-0.3, -0.25) is 0 Å². The fourth-order valence-electron chi connectivity index (χ4n) is 1.58. The predicted molar refractivity (Wildman–Crippen MR) is 59.5 cm³/mol. The van der Waals surface area contributed by atoms with E-state index in [2.05, 4.69) is 22.5 Å². The van der Waals surface area contributed by atoms with Crippen molar-refractivity contribution in [3.63, 3.8) is 0 Å². The highest BCUT2D eigenvalue weighted by molar-refractivity contribution is 5.44. The van der Waals surface area contributed by atoms with E-state index in [4.69, 9.17) is 5.26 Å². The Hall–Kier alpha value is -1.82. The van der Waals surface area contributed by atoms with Gasteiger partial charge in [-0.2, -0.15) is 5.26 Å². The molecule has 1 aliphatic carbocycles. The van der Waals surface area contributed by atoms with Gasteiger partial charge < -0.3 is 4.90 Å². The third kappa shape index (κ3) is 2.16. The molecular formula is C12H13N3. The van der Waals surface area contributed by atoms with Crippen LogP contribution >= 0.6 is 0 Å². The summed E-state index contributed by atoms with van der Waals surface area (Å²) >= 11 is 0. The van der Waals surface area contributed by atoms with E-state index in [0.29, 0.717) is 11.6 Å². The first-order valence-electron chi connectivity index (χ1n) is 5.09. The number of pyridine rings is 1. The topological polar surface area (TPSA) is 39.9 Å². The molecule has 0 bridgehead atoms. The summed E-state index contributed by atoms with van der Waals surface area (Å²) in [4.78, 5) is 6.52. The van der Waals surface area contributed by atoms with Crippen molar-refractivity contribution in [2.75, 3.05) is 11.4 Å². The summed E-state index contributed by atoms with van der Waals surface area (Å²) in [5.41, 5.74) is 0.605. The van der Waals surface area contributed by atoms with E-state index in [1.54, 1.807) is 12.3 Å². The van der Waals surface area contributed by atoms with Crippen LogP contribution in [0.25, 0.3) is 0 Å². The molecule has 0 atom stereocenters. The molecule has 1 aromatic rings. The Morgan fingerprint density at radius 3 is 2.87 bits per heavy atom. The minimum absolute atomic E-state index is 0.605. The second-order valence-corrected chi connectivity index (χ2v) is 3.69. The Morgan fingerprint density at radius 1 is 1.60 bits per heavy atom. The van der Waals surface area contributed by atoms with Gasteiger partial charge in [0.2, 0.25) is 0 Å². The molecule has 15 heavy (non-hydrogen) atoms. The second kappa shape index (κ2) is 4.14. The lowest BCUT2D eigenvalue weighted by Crippen LogP contribution is -2.26. The average molecular weight is 199 g/mol. The number of nitriles is 1. The van der Waals surface area contributed by atoms with E-state index >= 15 is 0 Å². The summed E-state index contributed by atoms with van der Waals surface area (Å²) in [7, 11) is 0.